The summed E-state index contributed by atoms with van der Waals surface area (Å²) >= 11 is 0. The Bertz CT molecular complexity index is 138. The molecular formula is C9H19NO. The first-order valence-corrected chi connectivity index (χ1v) is 4.51. The molecule has 2 nitrogen and oxygen atoms in total. The minimum Gasteiger partial charge on any atom is -0.388 e. The van der Waals surface area contributed by atoms with Crippen molar-refractivity contribution in [1.29, 1.82) is 0 Å². The fraction of sp³-hybridized carbons (Fsp3) is 1.00. The van der Waals surface area contributed by atoms with Crippen LogP contribution >= 0.6 is 0 Å². The molecule has 0 aromatic heterocycles. The summed E-state index contributed by atoms with van der Waals surface area (Å²) < 4.78 is 0. The maximum Gasteiger partial charge on any atom is 0.0797 e. The zero-order chi connectivity index (χ0) is 8.48. The lowest BCUT2D eigenvalue weighted by Gasteiger charge is -2.40. The van der Waals surface area contributed by atoms with Crippen molar-refractivity contribution >= 4 is 0 Å². The summed E-state index contributed by atoms with van der Waals surface area (Å²) in [7, 11) is 0. The highest BCUT2D eigenvalue weighted by atomic mass is 16.3. The normalized spacial score (nSPS) is 45.8. The molecule has 1 rings (SSSR count). The largest absolute Gasteiger partial charge is 0.388 e. The third kappa shape index (κ3) is 1.74. The van der Waals surface area contributed by atoms with Gasteiger partial charge in [-0.25, -0.2) is 0 Å². The highest BCUT2D eigenvalue weighted by Gasteiger charge is 2.37. The van der Waals surface area contributed by atoms with Crippen molar-refractivity contribution in [1.82, 2.24) is 0 Å². The topological polar surface area (TPSA) is 46.2 Å². The van der Waals surface area contributed by atoms with E-state index in [9.17, 15) is 5.11 Å². The van der Waals surface area contributed by atoms with Gasteiger partial charge in [0.05, 0.1) is 5.60 Å². The smallest absolute Gasteiger partial charge is 0.0797 e. The molecule has 0 amide bonds. The first kappa shape index (κ1) is 9.01. The molecule has 3 atom stereocenters. The fourth-order valence-corrected chi connectivity index (χ4v) is 1.99. The van der Waals surface area contributed by atoms with Crippen molar-refractivity contribution in [2.75, 3.05) is 6.54 Å². The van der Waals surface area contributed by atoms with Gasteiger partial charge in [0.25, 0.3) is 0 Å². The predicted molar refractivity (Wildman–Crippen MR) is 46.2 cm³/mol. The van der Waals surface area contributed by atoms with Crippen LogP contribution < -0.4 is 5.73 Å². The molecule has 3 N–H and O–H groups in total. The van der Waals surface area contributed by atoms with E-state index < -0.39 is 5.60 Å². The molecule has 11 heavy (non-hydrogen) atoms. The highest BCUT2D eigenvalue weighted by Crippen LogP contribution is 2.35. The van der Waals surface area contributed by atoms with Gasteiger partial charge >= 0.3 is 0 Å². The second kappa shape index (κ2) is 3.11. The molecule has 0 spiro atoms. The summed E-state index contributed by atoms with van der Waals surface area (Å²) in [4.78, 5) is 0. The average molecular weight is 157 g/mol. The van der Waals surface area contributed by atoms with Crippen LogP contribution in [0.15, 0.2) is 0 Å². The summed E-state index contributed by atoms with van der Waals surface area (Å²) in [6.45, 7) is 4.70. The lowest BCUT2D eigenvalue weighted by Crippen LogP contribution is -2.47. The van der Waals surface area contributed by atoms with Crippen LogP contribution in [0.1, 0.15) is 33.1 Å². The third-order valence-electron chi connectivity index (χ3n) is 3.07. The van der Waals surface area contributed by atoms with E-state index in [1.807, 2.05) is 0 Å². The Labute approximate surface area is 68.8 Å². The van der Waals surface area contributed by atoms with E-state index in [0.717, 1.165) is 12.8 Å². The number of hydrogen-bond donors (Lipinski definition) is 2. The Balaban J connectivity index is 2.60. The Morgan fingerprint density at radius 3 is 2.55 bits per heavy atom. The predicted octanol–water partition coefficient (Wildman–Crippen LogP) is 1.13. The molecule has 1 fully saturated rings. The van der Waals surface area contributed by atoms with Crippen LogP contribution in [0.2, 0.25) is 0 Å². The molecule has 0 radical (unpaired) electrons. The van der Waals surface area contributed by atoms with Crippen LogP contribution in [0, 0.1) is 11.8 Å². The molecule has 0 aliphatic heterocycles. The molecule has 0 saturated heterocycles. The lowest BCUT2D eigenvalue weighted by molar-refractivity contribution is -0.0484. The van der Waals surface area contributed by atoms with E-state index in [-0.39, 0.29) is 0 Å². The number of nitrogens with two attached hydrogens (primary N) is 1. The SMILES string of the molecule is CC1CCC(C)C(O)(CN)C1. The molecule has 2 heteroatoms. The molecule has 66 valence electrons. The summed E-state index contributed by atoms with van der Waals surface area (Å²) in [6, 6.07) is 0. The highest BCUT2D eigenvalue weighted by molar-refractivity contribution is 4.90. The van der Waals surface area contributed by atoms with E-state index in [1.165, 1.54) is 6.42 Å². The van der Waals surface area contributed by atoms with E-state index in [2.05, 4.69) is 13.8 Å². The van der Waals surface area contributed by atoms with Crippen molar-refractivity contribution in [3.05, 3.63) is 0 Å². The van der Waals surface area contributed by atoms with Crippen molar-refractivity contribution in [3.8, 4) is 0 Å². The zero-order valence-corrected chi connectivity index (χ0v) is 7.51. The molecule has 0 aromatic rings. The molecule has 3 unspecified atom stereocenters. The maximum absolute atomic E-state index is 9.99. The lowest BCUT2D eigenvalue weighted by atomic mass is 9.72. The fourth-order valence-electron chi connectivity index (χ4n) is 1.99. The van der Waals surface area contributed by atoms with Gasteiger partial charge in [-0.15, -0.1) is 0 Å². The minimum absolute atomic E-state index is 0.378. The first-order valence-electron chi connectivity index (χ1n) is 4.51. The van der Waals surface area contributed by atoms with Crippen molar-refractivity contribution in [3.63, 3.8) is 0 Å². The van der Waals surface area contributed by atoms with E-state index in [4.69, 9.17) is 5.73 Å². The zero-order valence-electron chi connectivity index (χ0n) is 7.51. The monoisotopic (exact) mass is 157 g/mol. The van der Waals surface area contributed by atoms with E-state index in [0.29, 0.717) is 18.4 Å². The number of rotatable bonds is 1. The van der Waals surface area contributed by atoms with Gasteiger partial charge in [0.2, 0.25) is 0 Å². The summed E-state index contributed by atoms with van der Waals surface area (Å²) in [5, 5.41) is 9.99. The molecule has 1 saturated carbocycles. The first-order chi connectivity index (χ1) is 5.08. The molecular weight excluding hydrogens is 138 g/mol. The molecule has 0 aromatic carbocycles. The van der Waals surface area contributed by atoms with E-state index in [1.54, 1.807) is 0 Å². The summed E-state index contributed by atoms with van der Waals surface area (Å²) in [6.07, 6.45) is 3.24. The number of hydrogen-bond acceptors (Lipinski definition) is 2. The molecule has 0 heterocycles. The quantitative estimate of drug-likeness (QED) is 0.599. The summed E-state index contributed by atoms with van der Waals surface area (Å²) in [5.74, 6) is 1.02. The van der Waals surface area contributed by atoms with Crippen LogP contribution in [-0.2, 0) is 0 Å². The van der Waals surface area contributed by atoms with Gasteiger partial charge in [0, 0.05) is 6.54 Å². The van der Waals surface area contributed by atoms with Gasteiger partial charge in [-0.05, 0) is 24.7 Å². The van der Waals surface area contributed by atoms with Crippen LogP contribution in [0.25, 0.3) is 0 Å². The van der Waals surface area contributed by atoms with Crippen molar-refractivity contribution < 1.29 is 5.11 Å². The Morgan fingerprint density at radius 1 is 1.45 bits per heavy atom. The van der Waals surface area contributed by atoms with Crippen LogP contribution in [0.4, 0.5) is 0 Å². The molecule has 1 aliphatic carbocycles. The standard InChI is InChI=1S/C9H19NO/c1-7-3-4-8(2)9(11,5-7)6-10/h7-8,11H,3-6,10H2,1-2H3. The minimum atomic E-state index is -0.572. The second-order valence-corrected chi connectivity index (χ2v) is 4.10. The van der Waals surface area contributed by atoms with Gasteiger partial charge in [-0.3, -0.25) is 0 Å². The Hall–Kier alpha value is -0.0800. The molecule has 0 bridgehead atoms. The van der Waals surface area contributed by atoms with Gasteiger partial charge in [-0.1, -0.05) is 20.3 Å². The van der Waals surface area contributed by atoms with Crippen molar-refractivity contribution in [2.24, 2.45) is 17.6 Å². The van der Waals surface area contributed by atoms with Crippen LogP contribution in [0.5, 0.6) is 0 Å². The average Bonchev–Trinajstić information content (AvgIpc) is 1.98. The van der Waals surface area contributed by atoms with Crippen molar-refractivity contribution in [2.45, 2.75) is 38.7 Å². The maximum atomic E-state index is 9.99. The number of aliphatic hydroxyl groups is 1. The summed E-state index contributed by atoms with van der Waals surface area (Å²) in [5.41, 5.74) is 4.97. The second-order valence-electron chi connectivity index (χ2n) is 4.10. The Kier molecular flexibility index (Phi) is 2.55. The van der Waals surface area contributed by atoms with Gasteiger partial charge < -0.3 is 10.8 Å². The third-order valence-corrected chi connectivity index (χ3v) is 3.07. The van der Waals surface area contributed by atoms with Gasteiger partial charge in [0.15, 0.2) is 0 Å². The Morgan fingerprint density at radius 2 is 2.09 bits per heavy atom. The molecule has 1 aliphatic rings. The van der Waals surface area contributed by atoms with Gasteiger partial charge in [0.1, 0.15) is 0 Å². The van der Waals surface area contributed by atoms with Crippen LogP contribution in [0.3, 0.4) is 0 Å². The van der Waals surface area contributed by atoms with Gasteiger partial charge in [-0.2, -0.15) is 0 Å². The van der Waals surface area contributed by atoms with Crippen LogP contribution in [-0.4, -0.2) is 17.3 Å². The van der Waals surface area contributed by atoms with E-state index >= 15 is 0 Å².